The summed E-state index contributed by atoms with van der Waals surface area (Å²) in [5, 5.41) is 0.464. The van der Waals surface area contributed by atoms with E-state index in [0.717, 1.165) is 17.7 Å². The molecule has 106 valence electrons. The molecule has 1 aromatic carbocycles. The molecular weight excluding hydrogens is 275 g/mol. The molecule has 2 unspecified atom stereocenters. The van der Waals surface area contributed by atoms with E-state index in [1.54, 1.807) is 12.1 Å². The second-order valence-corrected chi connectivity index (χ2v) is 5.96. The van der Waals surface area contributed by atoms with E-state index in [9.17, 15) is 13.2 Å². The van der Waals surface area contributed by atoms with Crippen molar-refractivity contribution in [2.75, 3.05) is 5.75 Å². The maximum atomic E-state index is 12.0. The van der Waals surface area contributed by atoms with E-state index < -0.39 is 6.36 Å². The third-order valence-corrected chi connectivity index (χ3v) is 4.61. The summed E-state index contributed by atoms with van der Waals surface area (Å²) in [6, 6.07) is 6.00. The van der Waals surface area contributed by atoms with Gasteiger partial charge in [-0.15, -0.1) is 13.2 Å². The van der Waals surface area contributed by atoms with Crippen molar-refractivity contribution in [2.45, 2.75) is 36.9 Å². The van der Waals surface area contributed by atoms with Crippen LogP contribution in [0.3, 0.4) is 0 Å². The number of rotatable bonds is 4. The number of benzene rings is 1. The van der Waals surface area contributed by atoms with Crippen molar-refractivity contribution < 1.29 is 17.9 Å². The lowest BCUT2D eigenvalue weighted by Gasteiger charge is -2.18. The Labute approximate surface area is 114 Å². The maximum absolute atomic E-state index is 12.0. The molecule has 2 atom stereocenters. The molecule has 0 saturated carbocycles. The van der Waals surface area contributed by atoms with Gasteiger partial charge in [-0.3, -0.25) is 0 Å². The van der Waals surface area contributed by atoms with E-state index in [0.29, 0.717) is 11.7 Å². The number of alkyl halides is 3. The second kappa shape index (κ2) is 6.05. The molecule has 6 heteroatoms. The molecule has 1 saturated heterocycles. The lowest BCUT2D eigenvalue weighted by molar-refractivity contribution is -0.274. The summed E-state index contributed by atoms with van der Waals surface area (Å²) in [7, 11) is 0. The van der Waals surface area contributed by atoms with Crippen molar-refractivity contribution in [3.05, 3.63) is 29.8 Å². The molecule has 0 amide bonds. The van der Waals surface area contributed by atoms with Crippen molar-refractivity contribution in [3.8, 4) is 5.75 Å². The van der Waals surface area contributed by atoms with Gasteiger partial charge in [0.2, 0.25) is 0 Å². The zero-order chi connectivity index (χ0) is 13.9. The molecule has 1 fully saturated rings. The van der Waals surface area contributed by atoms with Crippen LogP contribution in [0.25, 0.3) is 0 Å². The van der Waals surface area contributed by atoms with Crippen LogP contribution in [0.5, 0.6) is 5.75 Å². The summed E-state index contributed by atoms with van der Waals surface area (Å²) in [4.78, 5) is 0. The number of thioether (sulfide) groups is 1. The minimum atomic E-state index is -4.64. The third-order valence-electron chi connectivity index (χ3n) is 3.07. The highest BCUT2D eigenvalue weighted by Gasteiger charge is 2.31. The predicted octanol–water partition coefficient (Wildman–Crippen LogP) is 3.35. The first-order chi connectivity index (χ1) is 8.94. The van der Waals surface area contributed by atoms with Crippen molar-refractivity contribution in [1.82, 2.24) is 0 Å². The Balaban J connectivity index is 1.91. The normalized spacial score (nSPS) is 21.4. The van der Waals surface area contributed by atoms with Crippen LogP contribution in [-0.4, -0.2) is 23.4 Å². The van der Waals surface area contributed by atoms with Gasteiger partial charge in [0, 0.05) is 11.3 Å². The van der Waals surface area contributed by atoms with Crippen LogP contribution < -0.4 is 10.5 Å². The summed E-state index contributed by atoms with van der Waals surface area (Å²) < 4.78 is 39.9. The van der Waals surface area contributed by atoms with Crippen LogP contribution >= 0.6 is 11.8 Å². The Bertz CT molecular complexity index is 401. The summed E-state index contributed by atoms with van der Waals surface area (Å²) in [5.74, 6) is 0.955. The van der Waals surface area contributed by atoms with E-state index in [-0.39, 0.29) is 11.8 Å². The monoisotopic (exact) mass is 291 g/mol. The fraction of sp³-hybridized carbons (Fsp3) is 0.538. The molecule has 1 aliphatic rings. The molecule has 2 rings (SSSR count). The van der Waals surface area contributed by atoms with Gasteiger partial charge >= 0.3 is 6.36 Å². The van der Waals surface area contributed by atoms with Crippen molar-refractivity contribution in [1.29, 1.82) is 0 Å². The molecule has 19 heavy (non-hydrogen) atoms. The van der Waals surface area contributed by atoms with E-state index >= 15 is 0 Å². The van der Waals surface area contributed by atoms with Crippen LogP contribution in [0.1, 0.15) is 18.4 Å². The highest BCUT2D eigenvalue weighted by Crippen LogP contribution is 2.29. The third kappa shape index (κ3) is 4.62. The molecule has 1 aromatic rings. The number of hydrogen-bond donors (Lipinski definition) is 1. The van der Waals surface area contributed by atoms with Gasteiger partial charge < -0.3 is 10.5 Å². The smallest absolute Gasteiger partial charge is 0.406 e. The van der Waals surface area contributed by atoms with Gasteiger partial charge in [0.15, 0.2) is 0 Å². The molecular formula is C13H16F3NOS. The van der Waals surface area contributed by atoms with E-state index in [1.165, 1.54) is 18.6 Å². The Morgan fingerprint density at radius 1 is 1.32 bits per heavy atom. The number of halogens is 3. The van der Waals surface area contributed by atoms with Crippen LogP contribution in [-0.2, 0) is 6.42 Å². The quantitative estimate of drug-likeness (QED) is 0.924. The van der Waals surface area contributed by atoms with E-state index in [2.05, 4.69) is 4.74 Å². The number of hydrogen-bond acceptors (Lipinski definition) is 3. The largest absolute Gasteiger partial charge is 0.573 e. The van der Waals surface area contributed by atoms with Gasteiger partial charge in [-0.25, -0.2) is 0 Å². The zero-order valence-electron chi connectivity index (χ0n) is 10.3. The van der Waals surface area contributed by atoms with Gasteiger partial charge in [-0.1, -0.05) is 12.1 Å². The average Bonchev–Trinajstić information content (AvgIpc) is 2.83. The van der Waals surface area contributed by atoms with Crippen LogP contribution in [0.2, 0.25) is 0 Å². The first kappa shape index (κ1) is 14.5. The van der Waals surface area contributed by atoms with E-state index in [4.69, 9.17) is 5.73 Å². The minimum Gasteiger partial charge on any atom is -0.406 e. The first-order valence-electron chi connectivity index (χ1n) is 6.16. The summed E-state index contributed by atoms with van der Waals surface area (Å²) >= 11 is 1.88. The predicted molar refractivity (Wildman–Crippen MR) is 70.3 cm³/mol. The van der Waals surface area contributed by atoms with Gasteiger partial charge in [-0.05, 0) is 42.7 Å². The number of nitrogens with two attached hydrogens (primary N) is 1. The molecule has 0 spiro atoms. The van der Waals surface area contributed by atoms with Crippen LogP contribution in [0.4, 0.5) is 13.2 Å². The van der Waals surface area contributed by atoms with Gasteiger partial charge in [0.25, 0.3) is 0 Å². The number of ether oxygens (including phenoxy) is 1. The van der Waals surface area contributed by atoms with Crippen LogP contribution in [0, 0.1) is 0 Å². The first-order valence-corrected chi connectivity index (χ1v) is 7.21. The van der Waals surface area contributed by atoms with Gasteiger partial charge in [0.1, 0.15) is 5.75 Å². The topological polar surface area (TPSA) is 35.2 Å². The fourth-order valence-electron chi connectivity index (χ4n) is 2.17. The lowest BCUT2D eigenvalue weighted by Crippen LogP contribution is -2.33. The Morgan fingerprint density at radius 2 is 2.00 bits per heavy atom. The molecule has 2 nitrogen and oxygen atoms in total. The summed E-state index contributed by atoms with van der Waals surface area (Å²) in [5.41, 5.74) is 7.06. The molecule has 0 radical (unpaired) electrons. The van der Waals surface area contributed by atoms with Gasteiger partial charge in [0.05, 0.1) is 0 Å². The average molecular weight is 291 g/mol. The van der Waals surface area contributed by atoms with Crippen molar-refractivity contribution in [2.24, 2.45) is 5.73 Å². The zero-order valence-corrected chi connectivity index (χ0v) is 11.1. The highest BCUT2D eigenvalue weighted by molar-refractivity contribution is 8.00. The SMILES string of the molecule is NC(Cc1ccc(OC(F)(F)F)cc1)C1CCCS1. The molecule has 2 N–H and O–H groups in total. The van der Waals surface area contributed by atoms with Crippen molar-refractivity contribution in [3.63, 3.8) is 0 Å². The summed E-state index contributed by atoms with van der Waals surface area (Å²) in [6.07, 6.45) is -1.63. The Hall–Kier alpha value is -0.880. The molecule has 0 aliphatic carbocycles. The Morgan fingerprint density at radius 3 is 2.53 bits per heavy atom. The fourth-order valence-corrected chi connectivity index (χ4v) is 3.48. The molecule has 0 aromatic heterocycles. The minimum absolute atomic E-state index is 0.0573. The molecule has 1 heterocycles. The Kier molecular flexibility index (Phi) is 4.62. The van der Waals surface area contributed by atoms with Crippen molar-refractivity contribution >= 4 is 11.8 Å². The lowest BCUT2D eigenvalue weighted by atomic mass is 10.0. The molecule has 1 aliphatic heterocycles. The standard InChI is InChI=1S/C13H16F3NOS/c14-13(15,16)18-10-5-3-9(4-6-10)8-11(17)12-2-1-7-19-12/h3-6,11-12H,1-2,7-8,17H2. The highest BCUT2D eigenvalue weighted by atomic mass is 32.2. The maximum Gasteiger partial charge on any atom is 0.573 e. The van der Waals surface area contributed by atoms with E-state index in [1.807, 2.05) is 11.8 Å². The molecule has 0 bridgehead atoms. The second-order valence-electron chi connectivity index (χ2n) is 4.61. The summed E-state index contributed by atoms with van der Waals surface area (Å²) in [6.45, 7) is 0. The van der Waals surface area contributed by atoms with Gasteiger partial charge in [-0.2, -0.15) is 11.8 Å². The van der Waals surface area contributed by atoms with Crippen LogP contribution in [0.15, 0.2) is 24.3 Å².